The van der Waals surface area contributed by atoms with Crippen LogP contribution < -0.4 is 10.1 Å². The van der Waals surface area contributed by atoms with Crippen LogP contribution in [0.4, 0.5) is 0 Å². The first-order valence-corrected chi connectivity index (χ1v) is 9.04. The minimum atomic E-state index is -0.234. The molecule has 1 unspecified atom stereocenters. The van der Waals surface area contributed by atoms with Crippen LogP contribution in [0.2, 0.25) is 0 Å². The Balaban J connectivity index is 1.53. The van der Waals surface area contributed by atoms with Crippen molar-refractivity contribution in [2.24, 2.45) is 0 Å². The van der Waals surface area contributed by atoms with Gasteiger partial charge in [-0.3, -0.25) is 9.78 Å². The van der Waals surface area contributed by atoms with Gasteiger partial charge in [0.05, 0.1) is 5.37 Å². The summed E-state index contributed by atoms with van der Waals surface area (Å²) in [6, 6.07) is 11.9. The molecular formula is C20H18N4O2S. The number of H-pyrrole nitrogens is 1. The van der Waals surface area contributed by atoms with Gasteiger partial charge in [-0.1, -0.05) is 12.1 Å². The zero-order chi connectivity index (χ0) is 18.8. The number of rotatable bonds is 5. The maximum Gasteiger partial charge on any atom is 0.258 e. The second kappa shape index (κ2) is 7.28. The van der Waals surface area contributed by atoms with Gasteiger partial charge in [0.2, 0.25) is 5.88 Å². The molecule has 0 bridgehead atoms. The molecule has 1 amide bonds. The lowest BCUT2D eigenvalue weighted by Gasteiger charge is -2.09. The minimum Gasteiger partial charge on any atom is -0.468 e. The fourth-order valence-electron chi connectivity index (χ4n) is 2.98. The van der Waals surface area contributed by atoms with Crippen LogP contribution in [0, 0.1) is 0 Å². The number of hydrogen-bond donors (Lipinski definition) is 3. The lowest BCUT2D eigenvalue weighted by Crippen LogP contribution is -2.33. The van der Waals surface area contributed by atoms with Gasteiger partial charge in [0, 0.05) is 52.0 Å². The van der Waals surface area contributed by atoms with Gasteiger partial charge >= 0.3 is 0 Å². The van der Waals surface area contributed by atoms with E-state index in [-0.39, 0.29) is 17.9 Å². The van der Waals surface area contributed by atoms with Crippen molar-refractivity contribution >= 4 is 40.3 Å². The van der Waals surface area contributed by atoms with E-state index < -0.39 is 0 Å². The highest BCUT2D eigenvalue weighted by atomic mass is 32.1. The molecule has 3 aromatic heterocycles. The number of amides is 1. The topological polar surface area (TPSA) is 79.9 Å². The highest BCUT2D eigenvalue weighted by Gasteiger charge is 2.08. The van der Waals surface area contributed by atoms with Gasteiger partial charge in [0.1, 0.15) is 0 Å². The lowest BCUT2D eigenvalue weighted by molar-refractivity contribution is -0.123. The Morgan fingerprint density at radius 3 is 2.78 bits per heavy atom. The predicted octanol–water partition coefficient (Wildman–Crippen LogP) is 3.55. The van der Waals surface area contributed by atoms with Crippen molar-refractivity contribution in [2.75, 3.05) is 6.61 Å². The van der Waals surface area contributed by atoms with E-state index in [1.54, 1.807) is 25.4 Å². The number of aromatic amines is 1. The van der Waals surface area contributed by atoms with Crippen molar-refractivity contribution in [2.45, 2.75) is 12.3 Å². The van der Waals surface area contributed by atoms with Gasteiger partial charge < -0.3 is 15.0 Å². The van der Waals surface area contributed by atoms with Crippen molar-refractivity contribution in [1.82, 2.24) is 20.3 Å². The average molecular weight is 378 g/mol. The molecule has 0 aliphatic carbocycles. The third kappa shape index (κ3) is 3.73. The molecular weight excluding hydrogens is 360 g/mol. The number of aromatic nitrogens is 3. The summed E-state index contributed by atoms with van der Waals surface area (Å²) in [4.78, 5) is 23.5. The van der Waals surface area contributed by atoms with Crippen molar-refractivity contribution < 1.29 is 9.53 Å². The van der Waals surface area contributed by atoms with E-state index in [9.17, 15) is 4.79 Å². The van der Waals surface area contributed by atoms with Crippen LogP contribution >= 0.6 is 12.6 Å². The van der Waals surface area contributed by atoms with E-state index in [4.69, 9.17) is 4.74 Å². The van der Waals surface area contributed by atoms with Crippen molar-refractivity contribution in [3.8, 4) is 17.0 Å². The number of carbonyl (C=O) groups excluding carboxylic acids is 1. The summed E-state index contributed by atoms with van der Waals surface area (Å²) < 4.78 is 5.40. The molecule has 4 aromatic rings. The number of pyridine rings is 2. The van der Waals surface area contributed by atoms with Crippen LogP contribution in [-0.4, -0.2) is 32.8 Å². The standard InChI is InChI=1S/C20H18N4O2S/c1-12(27)23-19(25)11-26-20-5-3-14(9-22-20)13-2-4-15-16-10-21-7-6-17(16)24-18(15)8-13/h2-10,12,24,27H,11H2,1H3,(H,23,25). The van der Waals surface area contributed by atoms with Crippen molar-refractivity contribution in [3.63, 3.8) is 0 Å². The third-order valence-corrected chi connectivity index (χ3v) is 4.32. The van der Waals surface area contributed by atoms with Crippen LogP contribution in [0.15, 0.2) is 55.0 Å². The third-order valence-electron chi connectivity index (χ3n) is 4.19. The first-order chi connectivity index (χ1) is 13.1. The first kappa shape index (κ1) is 17.4. The summed E-state index contributed by atoms with van der Waals surface area (Å²) in [5.41, 5.74) is 4.12. The molecule has 0 aliphatic heterocycles. The highest BCUT2D eigenvalue weighted by molar-refractivity contribution is 7.80. The minimum absolute atomic E-state index is 0.0910. The van der Waals surface area contributed by atoms with E-state index in [2.05, 4.69) is 51.1 Å². The Morgan fingerprint density at radius 2 is 2.00 bits per heavy atom. The molecule has 3 heterocycles. The number of ether oxygens (including phenoxy) is 1. The largest absolute Gasteiger partial charge is 0.468 e. The molecule has 6 nitrogen and oxygen atoms in total. The molecule has 27 heavy (non-hydrogen) atoms. The Labute approximate surface area is 161 Å². The molecule has 1 aromatic carbocycles. The average Bonchev–Trinajstić information content (AvgIpc) is 3.04. The van der Waals surface area contributed by atoms with E-state index >= 15 is 0 Å². The monoisotopic (exact) mass is 378 g/mol. The summed E-state index contributed by atoms with van der Waals surface area (Å²) in [5, 5.41) is 4.67. The Hall–Kier alpha value is -3.06. The second-order valence-electron chi connectivity index (χ2n) is 6.22. The quantitative estimate of drug-likeness (QED) is 0.366. The predicted molar refractivity (Wildman–Crippen MR) is 109 cm³/mol. The molecule has 0 radical (unpaired) electrons. The smallest absolute Gasteiger partial charge is 0.258 e. The fourth-order valence-corrected chi connectivity index (χ4v) is 3.12. The van der Waals surface area contributed by atoms with Crippen molar-refractivity contribution in [3.05, 3.63) is 55.0 Å². The van der Waals surface area contributed by atoms with Crippen LogP contribution in [0.1, 0.15) is 6.92 Å². The molecule has 0 saturated carbocycles. The zero-order valence-electron chi connectivity index (χ0n) is 14.6. The fraction of sp³-hybridized carbons (Fsp3) is 0.150. The maximum absolute atomic E-state index is 11.6. The highest BCUT2D eigenvalue weighted by Crippen LogP contribution is 2.29. The summed E-state index contributed by atoms with van der Waals surface area (Å²) in [6.07, 6.45) is 5.38. The van der Waals surface area contributed by atoms with Crippen LogP contribution in [0.3, 0.4) is 0 Å². The van der Waals surface area contributed by atoms with Gasteiger partial charge in [-0.05, 0) is 30.7 Å². The number of fused-ring (bicyclic) bond motifs is 3. The number of hydrogen-bond acceptors (Lipinski definition) is 5. The number of carbonyl (C=O) groups is 1. The normalized spacial score (nSPS) is 12.2. The molecule has 7 heteroatoms. The number of nitrogens with one attached hydrogen (secondary N) is 2. The first-order valence-electron chi connectivity index (χ1n) is 8.52. The molecule has 1 atom stereocenters. The molecule has 4 rings (SSSR count). The van der Waals surface area contributed by atoms with Gasteiger partial charge in [-0.25, -0.2) is 4.98 Å². The maximum atomic E-state index is 11.6. The SMILES string of the molecule is CC(S)NC(=O)COc1ccc(-c2ccc3c(c2)[nH]c2ccncc23)cn1. The van der Waals surface area contributed by atoms with E-state index in [0.29, 0.717) is 5.88 Å². The summed E-state index contributed by atoms with van der Waals surface area (Å²) in [6.45, 7) is 1.68. The van der Waals surface area contributed by atoms with Crippen LogP contribution in [0.5, 0.6) is 5.88 Å². The molecule has 136 valence electrons. The van der Waals surface area contributed by atoms with Gasteiger partial charge in [0.25, 0.3) is 5.91 Å². The van der Waals surface area contributed by atoms with E-state index in [1.807, 2.05) is 18.3 Å². The van der Waals surface area contributed by atoms with Crippen LogP contribution in [-0.2, 0) is 4.79 Å². The summed E-state index contributed by atoms with van der Waals surface area (Å²) in [7, 11) is 0. The Morgan fingerprint density at radius 1 is 1.15 bits per heavy atom. The molecule has 2 N–H and O–H groups in total. The molecule has 0 fully saturated rings. The Bertz CT molecular complexity index is 1110. The number of benzene rings is 1. The zero-order valence-corrected chi connectivity index (χ0v) is 15.5. The van der Waals surface area contributed by atoms with Gasteiger partial charge in [-0.15, -0.1) is 0 Å². The van der Waals surface area contributed by atoms with E-state index in [0.717, 1.165) is 32.9 Å². The van der Waals surface area contributed by atoms with Gasteiger partial charge in [0.15, 0.2) is 6.61 Å². The van der Waals surface area contributed by atoms with Crippen molar-refractivity contribution in [1.29, 1.82) is 0 Å². The number of thiol groups is 1. The second-order valence-corrected chi connectivity index (χ2v) is 7.00. The summed E-state index contributed by atoms with van der Waals surface area (Å²) >= 11 is 4.10. The molecule has 0 aliphatic rings. The van der Waals surface area contributed by atoms with Gasteiger partial charge in [-0.2, -0.15) is 12.6 Å². The Kier molecular flexibility index (Phi) is 4.68. The molecule has 0 spiro atoms. The molecule has 0 saturated heterocycles. The lowest BCUT2D eigenvalue weighted by atomic mass is 10.1. The van der Waals surface area contributed by atoms with E-state index in [1.165, 1.54) is 0 Å². The van der Waals surface area contributed by atoms with Crippen LogP contribution in [0.25, 0.3) is 32.9 Å². The summed E-state index contributed by atoms with van der Waals surface area (Å²) in [5.74, 6) is 0.167. The number of nitrogens with zero attached hydrogens (tertiary/aromatic N) is 2.